The largest absolute Gasteiger partial charge is 0.322 e. The predicted octanol–water partition coefficient (Wildman–Crippen LogP) is 3.38. The number of carbonyl (C=O) groups excluding carboxylic acids is 1. The fourth-order valence-electron chi connectivity index (χ4n) is 2.78. The van der Waals surface area contributed by atoms with Gasteiger partial charge in [-0.3, -0.25) is 14.9 Å². The highest BCUT2D eigenvalue weighted by Crippen LogP contribution is 2.21. The molecule has 0 spiro atoms. The number of benzene rings is 1. The van der Waals surface area contributed by atoms with Crippen LogP contribution in [-0.2, 0) is 4.79 Å². The standard InChI is InChI=1S/C20H23N5O/c1-13(22-12-19(26)23-20-14(2)24-25-15(20)3)16-6-8-17(9-7-16)18-5-4-10-21-11-18/h4-11,13,22H,12H2,1-3H3,(H,23,26)(H,24,25)/t13-/m0/s1. The Kier molecular flexibility index (Phi) is 5.43. The van der Waals surface area contributed by atoms with E-state index in [0.29, 0.717) is 0 Å². The molecule has 3 N–H and O–H groups in total. The zero-order chi connectivity index (χ0) is 18.5. The summed E-state index contributed by atoms with van der Waals surface area (Å²) in [7, 11) is 0. The monoisotopic (exact) mass is 349 g/mol. The van der Waals surface area contributed by atoms with Crippen molar-refractivity contribution in [2.24, 2.45) is 0 Å². The summed E-state index contributed by atoms with van der Waals surface area (Å²) in [6, 6.07) is 12.3. The maximum atomic E-state index is 12.2. The Morgan fingerprint density at radius 2 is 1.92 bits per heavy atom. The second-order valence-corrected chi connectivity index (χ2v) is 6.32. The van der Waals surface area contributed by atoms with E-state index in [4.69, 9.17) is 0 Å². The molecule has 1 amide bonds. The quantitative estimate of drug-likeness (QED) is 0.637. The highest BCUT2D eigenvalue weighted by atomic mass is 16.1. The fourth-order valence-corrected chi connectivity index (χ4v) is 2.78. The molecular formula is C20H23N5O. The van der Waals surface area contributed by atoms with Crippen LogP contribution in [0.15, 0.2) is 48.8 Å². The third kappa shape index (κ3) is 4.15. The van der Waals surface area contributed by atoms with E-state index < -0.39 is 0 Å². The lowest BCUT2D eigenvalue weighted by molar-refractivity contribution is -0.115. The summed E-state index contributed by atoms with van der Waals surface area (Å²) >= 11 is 0. The minimum absolute atomic E-state index is 0.0650. The first-order valence-electron chi connectivity index (χ1n) is 8.59. The van der Waals surface area contributed by atoms with Crippen molar-refractivity contribution >= 4 is 11.6 Å². The number of aromatic nitrogens is 3. The lowest BCUT2D eigenvalue weighted by Gasteiger charge is -2.15. The number of amides is 1. The topological polar surface area (TPSA) is 82.7 Å². The molecule has 0 bridgehead atoms. The number of rotatable bonds is 6. The van der Waals surface area contributed by atoms with Crippen LogP contribution < -0.4 is 10.6 Å². The van der Waals surface area contributed by atoms with Gasteiger partial charge in [-0.25, -0.2) is 0 Å². The predicted molar refractivity (Wildman–Crippen MR) is 103 cm³/mol. The Bertz CT molecular complexity index is 851. The van der Waals surface area contributed by atoms with Crippen molar-refractivity contribution in [2.45, 2.75) is 26.8 Å². The number of carbonyl (C=O) groups is 1. The highest BCUT2D eigenvalue weighted by Gasteiger charge is 2.12. The molecule has 0 aliphatic carbocycles. The molecule has 134 valence electrons. The van der Waals surface area contributed by atoms with Crippen LogP contribution in [0.25, 0.3) is 11.1 Å². The van der Waals surface area contributed by atoms with Gasteiger partial charge in [-0.15, -0.1) is 0 Å². The van der Waals surface area contributed by atoms with Crippen LogP contribution in [0.5, 0.6) is 0 Å². The fraction of sp³-hybridized carbons (Fsp3) is 0.250. The van der Waals surface area contributed by atoms with Crippen LogP contribution >= 0.6 is 0 Å². The van der Waals surface area contributed by atoms with E-state index in [2.05, 4.69) is 50.1 Å². The molecule has 2 heterocycles. The number of nitrogens with zero attached hydrogens (tertiary/aromatic N) is 2. The first-order valence-corrected chi connectivity index (χ1v) is 8.59. The number of aromatic amines is 1. The van der Waals surface area contributed by atoms with Gasteiger partial charge in [-0.2, -0.15) is 5.10 Å². The summed E-state index contributed by atoms with van der Waals surface area (Å²) in [6.45, 7) is 6.02. The van der Waals surface area contributed by atoms with E-state index in [9.17, 15) is 4.79 Å². The Labute approximate surface area is 153 Å². The lowest BCUT2D eigenvalue weighted by atomic mass is 10.0. The van der Waals surface area contributed by atoms with Crippen molar-refractivity contribution in [2.75, 3.05) is 11.9 Å². The number of aryl methyl sites for hydroxylation is 2. The zero-order valence-corrected chi connectivity index (χ0v) is 15.2. The molecule has 0 aliphatic heterocycles. The van der Waals surface area contributed by atoms with Gasteiger partial charge in [-0.05, 0) is 43.5 Å². The smallest absolute Gasteiger partial charge is 0.238 e. The molecule has 26 heavy (non-hydrogen) atoms. The number of nitrogens with one attached hydrogen (secondary N) is 3. The van der Waals surface area contributed by atoms with Crippen LogP contribution in [0, 0.1) is 13.8 Å². The Hall–Kier alpha value is -2.99. The molecular weight excluding hydrogens is 326 g/mol. The second kappa shape index (κ2) is 7.93. The first kappa shape index (κ1) is 17.8. The van der Waals surface area contributed by atoms with Crippen molar-refractivity contribution in [3.05, 3.63) is 65.7 Å². The van der Waals surface area contributed by atoms with Gasteiger partial charge in [0.25, 0.3) is 0 Å². The van der Waals surface area contributed by atoms with E-state index >= 15 is 0 Å². The van der Waals surface area contributed by atoms with Gasteiger partial charge in [0.1, 0.15) is 0 Å². The Balaban J connectivity index is 1.56. The van der Waals surface area contributed by atoms with Gasteiger partial charge >= 0.3 is 0 Å². The molecule has 0 aliphatic rings. The molecule has 0 saturated carbocycles. The van der Waals surface area contributed by atoms with Crippen LogP contribution in [0.4, 0.5) is 5.69 Å². The maximum absolute atomic E-state index is 12.2. The van der Waals surface area contributed by atoms with Crippen molar-refractivity contribution in [3.63, 3.8) is 0 Å². The summed E-state index contributed by atoms with van der Waals surface area (Å²) in [6.07, 6.45) is 3.61. The number of anilines is 1. The summed E-state index contributed by atoms with van der Waals surface area (Å²) in [5, 5.41) is 13.1. The van der Waals surface area contributed by atoms with Crippen molar-refractivity contribution < 1.29 is 4.79 Å². The average molecular weight is 349 g/mol. The highest BCUT2D eigenvalue weighted by molar-refractivity contribution is 5.93. The van der Waals surface area contributed by atoms with E-state index in [1.165, 1.54) is 0 Å². The molecule has 3 aromatic rings. The van der Waals surface area contributed by atoms with Crippen molar-refractivity contribution in [1.82, 2.24) is 20.5 Å². The van der Waals surface area contributed by atoms with E-state index in [-0.39, 0.29) is 18.5 Å². The van der Waals surface area contributed by atoms with Gasteiger partial charge < -0.3 is 10.6 Å². The molecule has 0 saturated heterocycles. The van der Waals surface area contributed by atoms with Crippen molar-refractivity contribution in [1.29, 1.82) is 0 Å². The molecule has 0 radical (unpaired) electrons. The Morgan fingerprint density at radius 3 is 2.54 bits per heavy atom. The van der Waals surface area contributed by atoms with Crippen LogP contribution in [-0.4, -0.2) is 27.6 Å². The number of H-pyrrole nitrogens is 1. The van der Waals surface area contributed by atoms with Gasteiger partial charge in [0.2, 0.25) is 5.91 Å². The Morgan fingerprint density at radius 1 is 1.15 bits per heavy atom. The van der Waals surface area contributed by atoms with Crippen LogP contribution in [0.2, 0.25) is 0 Å². The zero-order valence-electron chi connectivity index (χ0n) is 15.2. The van der Waals surface area contributed by atoms with Crippen molar-refractivity contribution in [3.8, 4) is 11.1 Å². The number of hydrogen-bond acceptors (Lipinski definition) is 4. The summed E-state index contributed by atoms with van der Waals surface area (Å²) < 4.78 is 0. The van der Waals surface area contributed by atoms with E-state index in [0.717, 1.165) is 33.8 Å². The minimum Gasteiger partial charge on any atom is -0.322 e. The normalized spacial score (nSPS) is 12.0. The van der Waals surface area contributed by atoms with E-state index in [1.807, 2.05) is 39.1 Å². The average Bonchev–Trinajstić information content (AvgIpc) is 2.99. The summed E-state index contributed by atoms with van der Waals surface area (Å²) in [4.78, 5) is 16.3. The van der Waals surface area contributed by atoms with Gasteiger partial charge in [0.05, 0.1) is 23.6 Å². The molecule has 3 rings (SSSR count). The van der Waals surface area contributed by atoms with Gasteiger partial charge in [0, 0.05) is 18.4 Å². The molecule has 1 aromatic carbocycles. The summed E-state index contributed by atoms with van der Waals surface area (Å²) in [5.74, 6) is -0.0866. The second-order valence-electron chi connectivity index (χ2n) is 6.32. The van der Waals surface area contributed by atoms with Crippen LogP contribution in [0.1, 0.15) is 29.9 Å². The van der Waals surface area contributed by atoms with E-state index in [1.54, 1.807) is 6.20 Å². The SMILES string of the molecule is Cc1n[nH]c(C)c1NC(=O)CN[C@@H](C)c1ccc(-c2cccnc2)cc1. The third-order valence-electron chi connectivity index (χ3n) is 4.37. The van der Waals surface area contributed by atoms with Gasteiger partial charge in [-0.1, -0.05) is 30.3 Å². The molecule has 6 nitrogen and oxygen atoms in total. The minimum atomic E-state index is -0.0866. The molecule has 1 atom stereocenters. The molecule has 2 aromatic heterocycles. The first-order chi connectivity index (χ1) is 12.5. The lowest BCUT2D eigenvalue weighted by Crippen LogP contribution is -2.30. The third-order valence-corrected chi connectivity index (χ3v) is 4.37. The molecule has 0 fully saturated rings. The number of hydrogen-bond donors (Lipinski definition) is 3. The van der Waals surface area contributed by atoms with Gasteiger partial charge in [0.15, 0.2) is 0 Å². The number of pyridine rings is 1. The summed E-state index contributed by atoms with van der Waals surface area (Å²) in [5.41, 5.74) is 5.73. The maximum Gasteiger partial charge on any atom is 0.238 e. The molecule has 6 heteroatoms. The van der Waals surface area contributed by atoms with Crippen LogP contribution in [0.3, 0.4) is 0 Å². The molecule has 0 unspecified atom stereocenters.